The summed E-state index contributed by atoms with van der Waals surface area (Å²) in [4.78, 5) is 15.1. The molecule has 0 N–H and O–H groups in total. The predicted octanol–water partition coefficient (Wildman–Crippen LogP) is 3.47. The minimum absolute atomic E-state index is 0.545. The van der Waals surface area contributed by atoms with Crippen LogP contribution in [0.2, 0.25) is 5.02 Å². The van der Waals surface area contributed by atoms with Crippen molar-refractivity contribution in [2.24, 2.45) is 0 Å². The Morgan fingerprint density at radius 3 is 2.65 bits per heavy atom. The number of rotatable bonds is 3. The molecule has 17 heavy (non-hydrogen) atoms. The van der Waals surface area contributed by atoms with Crippen LogP contribution in [0.5, 0.6) is 0 Å². The van der Waals surface area contributed by atoms with E-state index in [0.717, 1.165) is 17.4 Å². The van der Waals surface area contributed by atoms with Crippen molar-refractivity contribution in [2.75, 3.05) is 0 Å². The predicted molar refractivity (Wildman–Crippen MR) is 69.6 cm³/mol. The monoisotopic (exact) mass is 243 g/mol. The molecule has 1 heterocycles. The lowest BCUT2D eigenvalue weighted by atomic mass is 10.0. The number of hydrogen-bond acceptors (Lipinski definition) is 2. The summed E-state index contributed by atoms with van der Waals surface area (Å²) in [5.74, 6) is 0. The molecule has 0 spiro atoms. The van der Waals surface area contributed by atoms with Gasteiger partial charge in [0, 0.05) is 28.6 Å². The molecule has 0 radical (unpaired) electrons. The van der Waals surface area contributed by atoms with Crippen LogP contribution in [-0.2, 0) is 4.79 Å². The van der Waals surface area contributed by atoms with Crippen molar-refractivity contribution in [3.63, 3.8) is 0 Å². The fourth-order valence-electron chi connectivity index (χ4n) is 1.51. The molecule has 2 aromatic rings. The van der Waals surface area contributed by atoms with Crippen LogP contribution in [0.15, 0.2) is 48.8 Å². The maximum absolute atomic E-state index is 11.1. The topological polar surface area (TPSA) is 30.0 Å². The summed E-state index contributed by atoms with van der Waals surface area (Å²) in [5.41, 5.74) is 2.14. The van der Waals surface area contributed by atoms with Gasteiger partial charge in [-0.25, -0.2) is 0 Å². The Morgan fingerprint density at radius 1 is 1.18 bits per heavy atom. The summed E-state index contributed by atoms with van der Waals surface area (Å²) >= 11 is 6.05. The van der Waals surface area contributed by atoms with Crippen LogP contribution in [0.1, 0.15) is 11.1 Å². The van der Waals surface area contributed by atoms with Crippen molar-refractivity contribution >= 4 is 29.5 Å². The van der Waals surface area contributed by atoms with Crippen molar-refractivity contribution in [3.05, 3.63) is 64.9 Å². The van der Waals surface area contributed by atoms with Crippen LogP contribution in [0.4, 0.5) is 0 Å². The average Bonchev–Trinajstić information content (AvgIpc) is 2.38. The van der Waals surface area contributed by atoms with Crippen molar-refractivity contribution in [2.45, 2.75) is 0 Å². The van der Waals surface area contributed by atoms with Crippen molar-refractivity contribution < 1.29 is 4.79 Å². The lowest BCUT2D eigenvalue weighted by Crippen LogP contribution is -1.87. The molecule has 0 aliphatic rings. The lowest BCUT2D eigenvalue weighted by molar-refractivity contribution is -0.103. The van der Waals surface area contributed by atoms with E-state index in [1.165, 1.54) is 0 Å². The number of allylic oxidation sites excluding steroid dienone is 1. The third kappa shape index (κ3) is 2.80. The molecule has 0 fully saturated rings. The fourth-order valence-corrected chi connectivity index (χ4v) is 1.76. The van der Waals surface area contributed by atoms with E-state index in [1.54, 1.807) is 24.5 Å². The van der Waals surface area contributed by atoms with Crippen LogP contribution in [0.25, 0.3) is 11.6 Å². The zero-order chi connectivity index (χ0) is 12.1. The van der Waals surface area contributed by atoms with Gasteiger partial charge in [0.15, 0.2) is 6.29 Å². The lowest BCUT2D eigenvalue weighted by Gasteiger charge is -2.03. The van der Waals surface area contributed by atoms with E-state index >= 15 is 0 Å². The molecule has 0 aliphatic heterocycles. The number of hydrogen-bond donors (Lipinski definition) is 0. The van der Waals surface area contributed by atoms with Crippen LogP contribution >= 0.6 is 11.6 Å². The molecule has 2 nitrogen and oxygen atoms in total. The highest BCUT2D eigenvalue weighted by molar-refractivity contribution is 6.34. The summed E-state index contributed by atoms with van der Waals surface area (Å²) < 4.78 is 0. The number of nitrogens with zero attached hydrogens (tertiary/aromatic N) is 1. The molecule has 0 saturated carbocycles. The molecule has 2 rings (SSSR count). The van der Waals surface area contributed by atoms with Gasteiger partial charge in [-0.05, 0) is 23.8 Å². The first-order chi connectivity index (χ1) is 8.31. The van der Waals surface area contributed by atoms with E-state index in [9.17, 15) is 4.79 Å². The van der Waals surface area contributed by atoms with Crippen LogP contribution < -0.4 is 0 Å². The Morgan fingerprint density at radius 2 is 2.00 bits per heavy atom. The van der Waals surface area contributed by atoms with E-state index in [1.807, 2.05) is 30.3 Å². The van der Waals surface area contributed by atoms with Crippen molar-refractivity contribution in [1.82, 2.24) is 4.98 Å². The first-order valence-electron chi connectivity index (χ1n) is 5.13. The van der Waals surface area contributed by atoms with Gasteiger partial charge in [-0.1, -0.05) is 35.9 Å². The van der Waals surface area contributed by atoms with Crippen molar-refractivity contribution in [3.8, 4) is 0 Å². The summed E-state index contributed by atoms with van der Waals surface area (Å²) in [7, 11) is 0. The number of halogens is 1. The van der Waals surface area contributed by atoms with Crippen molar-refractivity contribution in [1.29, 1.82) is 0 Å². The van der Waals surface area contributed by atoms with Gasteiger partial charge in [-0.15, -0.1) is 0 Å². The first kappa shape index (κ1) is 11.6. The SMILES string of the molecule is O=CC(=Cc1cccnc1)c1ccccc1Cl. The number of pyridine rings is 1. The van der Waals surface area contributed by atoms with E-state index in [4.69, 9.17) is 11.6 Å². The molecule has 1 aromatic carbocycles. The molecule has 84 valence electrons. The Bertz CT molecular complexity index is 549. The van der Waals surface area contributed by atoms with Gasteiger partial charge in [0.1, 0.15) is 0 Å². The van der Waals surface area contributed by atoms with Gasteiger partial charge in [0.05, 0.1) is 0 Å². The standard InChI is InChI=1S/C14H10ClNO/c15-14-6-2-1-5-13(14)12(10-17)8-11-4-3-7-16-9-11/h1-10H. The van der Waals surface area contributed by atoms with Gasteiger partial charge < -0.3 is 0 Å². The van der Waals surface area contributed by atoms with E-state index in [0.29, 0.717) is 10.6 Å². The number of aldehydes is 1. The van der Waals surface area contributed by atoms with Gasteiger partial charge in [0.2, 0.25) is 0 Å². The second kappa shape index (κ2) is 5.41. The Kier molecular flexibility index (Phi) is 3.68. The minimum atomic E-state index is 0.545. The zero-order valence-electron chi connectivity index (χ0n) is 9.01. The fraction of sp³-hybridized carbons (Fsp3) is 0. The van der Waals surface area contributed by atoms with E-state index < -0.39 is 0 Å². The third-order valence-electron chi connectivity index (χ3n) is 2.32. The van der Waals surface area contributed by atoms with Crippen LogP contribution in [0, 0.1) is 0 Å². The van der Waals surface area contributed by atoms with Crippen LogP contribution in [-0.4, -0.2) is 11.3 Å². The highest BCUT2D eigenvalue weighted by Crippen LogP contribution is 2.23. The Labute approximate surface area is 105 Å². The number of carbonyl (C=O) groups is 1. The average molecular weight is 244 g/mol. The smallest absolute Gasteiger partial charge is 0.150 e. The molecular weight excluding hydrogens is 234 g/mol. The second-order valence-corrected chi connectivity index (χ2v) is 3.89. The summed E-state index contributed by atoms with van der Waals surface area (Å²) in [6.45, 7) is 0. The van der Waals surface area contributed by atoms with Gasteiger partial charge in [0.25, 0.3) is 0 Å². The molecule has 0 bridgehead atoms. The maximum Gasteiger partial charge on any atom is 0.150 e. The maximum atomic E-state index is 11.1. The highest BCUT2D eigenvalue weighted by atomic mass is 35.5. The second-order valence-electron chi connectivity index (χ2n) is 3.48. The summed E-state index contributed by atoms with van der Waals surface area (Å²) in [6.07, 6.45) is 5.95. The highest BCUT2D eigenvalue weighted by Gasteiger charge is 2.04. The quantitative estimate of drug-likeness (QED) is 0.610. The Balaban J connectivity index is 2.45. The number of aromatic nitrogens is 1. The van der Waals surface area contributed by atoms with Gasteiger partial charge in [-0.2, -0.15) is 0 Å². The molecule has 0 amide bonds. The normalized spacial score (nSPS) is 11.2. The molecule has 0 aliphatic carbocycles. The largest absolute Gasteiger partial charge is 0.298 e. The van der Waals surface area contributed by atoms with E-state index in [-0.39, 0.29) is 0 Å². The molecule has 3 heteroatoms. The number of benzene rings is 1. The van der Waals surface area contributed by atoms with Gasteiger partial charge >= 0.3 is 0 Å². The first-order valence-corrected chi connectivity index (χ1v) is 5.51. The molecule has 0 saturated heterocycles. The zero-order valence-corrected chi connectivity index (χ0v) is 9.76. The molecule has 0 unspecified atom stereocenters. The molecular formula is C14H10ClNO. The third-order valence-corrected chi connectivity index (χ3v) is 2.65. The minimum Gasteiger partial charge on any atom is -0.298 e. The van der Waals surface area contributed by atoms with Crippen LogP contribution in [0.3, 0.4) is 0 Å². The summed E-state index contributed by atoms with van der Waals surface area (Å²) in [6, 6.07) is 11.0. The summed E-state index contributed by atoms with van der Waals surface area (Å²) in [5, 5.41) is 0.565. The van der Waals surface area contributed by atoms with Gasteiger partial charge in [-0.3, -0.25) is 9.78 Å². The van der Waals surface area contributed by atoms with E-state index in [2.05, 4.69) is 4.98 Å². The molecule has 1 aromatic heterocycles. The molecule has 0 atom stereocenters. The Hall–Kier alpha value is -1.93. The number of carbonyl (C=O) groups excluding carboxylic acids is 1.